The number of fused-ring (bicyclic) bond motifs is 6. The van der Waals surface area contributed by atoms with Crippen LogP contribution in [0.25, 0.3) is 59.8 Å². The molecule has 0 fully saturated rings. The Morgan fingerprint density at radius 3 is 1.32 bits per heavy atom. The first kappa shape index (κ1) is 21.5. The van der Waals surface area contributed by atoms with Gasteiger partial charge >= 0.3 is 0 Å². The molecule has 0 aliphatic heterocycles. The summed E-state index contributed by atoms with van der Waals surface area (Å²) in [7, 11) is 0. The smallest absolute Gasteiger partial charge is 0.213 e. The summed E-state index contributed by atoms with van der Waals surface area (Å²) in [4.78, 5) is 3.82. The summed E-state index contributed by atoms with van der Waals surface area (Å²) in [5, 5.41) is 25.1. The fraction of sp³-hybridized carbons (Fsp3) is 0. The maximum Gasteiger partial charge on any atom is 0.213 e. The van der Waals surface area contributed by atoms with Gasteiger partial charge in [0.1, 0.15) is 12.1 Å². The maximum absolute atomic E-state index is 10.7. The number of aromatic nitrogens is 2. The quantitative estimate of drug-likeness (QED) is 0.233. The average molecular weight is 484 g/mol. The fourth-order valence-electron chi connectivity index (χ4n) is 5.71. The Hall–Kier alpha value is -5.83. The molecule has 2 aromatic heterocycles. The second-order valence-electron chi connectivity index (χ2n) is 9.09. The number of hydrogen-bond donors (Lipinski definition) is 0. The minimum Gasteiger partial charge on any atom is -0.318 e. The molecular weight excluding hydrogens is 466 g/mol. The fourth-order valence-corrected chi connectivity index (χ4v) is 5.71. The van der Waals surface area contributed by atoms with Gasteiger partial charge in [0.15, 0.2) is 0 Å². The largest absolute Gasteiger partial charge is 0.318 e. The number of para-hydroxylation sites is 4. The van der Waals surface area contributed by atoms with Gasteiger partial charge in [0.05, 0.1) is 51.1 Å². The Labute approximate surface area is 218 Å². The van der Waals surface area contributed by atoms with E-state index in [4.69, 9.17) is 6.57 Å². The lowest BCUT2D eigenvalue weighted by atomic mass is 10.0. The molecule has 5 aromatic carbocycles. The van der Waals surface area contributed by atoms with Crippen LogP contribution in [0.1, 0.15) is 11.1 Å². The van der Waals surface area contributed by atoms with E-state index in [9.17, 15) is 10.5 Å². The zero-order valence-electron chi connectivity index (χ0n) is 20.1. The van der Waals surface area contributed by atoms with Crippen LogP contribution < -0.4 is 0 Å². The van der Waals surface area contributed by atoms with Crippen molar-refractivity contribution in [3.63, 3.8) is 0 Å². The zero-order valence-corrected chi connectivity index (χ0v) is 20.1. The lowest BCUT2D eigenvalue weighted by Gasteiger charge is -2.18. The van der Waals surface area contributed by atoms with Crippen molar-refractivity contribution in [1.82, 2.24) is 9.13 Å². The van der Waals surface area contributed by atoms with Crippen molar-refractivity contribution in [3.8, 4) is 23.5 Å². The van der Waals surface area contributed by atoms with Gasteiger partial charge < -0.3 is 9.13 Å². The van der Waals surface area contributed by atoms with Crippen molar-refractivity contribution >= 4 is 49.3 Å². The van der Waals surface area contributed by atoms with Gasteiger partial charge in [0, 0.05) is 21.5 Å². The molecule has 7 rings (SSSR count). The molecule has 0 bridgehead atoms. The minimum absolute atomic E-state index is 0.258. The Kier molecular flexibility index (Phi) is 4.57. The number of rotatable bonds is 2. The van der Waals surface area contributed by atoms with Crippen molar-refractivity contribution in [2.45, 2.75) is 0 Å². The van der Waals surface area contributed by atoms with E-state index in [0.717, 1.165) is 43.6 Å². The van der Waals surface area contributed by atoms with E-state index in [0.29, 0.717) is 11.4 Å². The molecule has 38 heavy (non-hydrogen) atoms. The minimum atomic E-state index is 0.258. The maximum atomic E-state index is 10.7. The third-order valence-corrected chi connectivity index (χ3v) is 7.21. The third kappa shape index (κ3) is 2.78. The Balaban J connectivity index is 1.73. The molecule has 5 nitrogen and oxygen atoms in total. The molecule has 0 atom stereocenters. The predicted octanol–water partition coefficient (Wildman–Crippen LogP) is 8.17. The third-order valence-electron chi connectivity index (χ3n) is 7.21. The van der Waals surface area contributed by atoms with E-state index in [1.807, 2.05) is 94.1 Å². The van der Waals surface area contributed by atoms with Gasteiger partial charge in [-0.05, 0) is 30.3 Å². The van der Waals surface area contributed by atoms with E-state index < -0.39 is 0 Å². The molecule has 0 unspecified atom stereocenters. The van der Waals surface area contributed by atoms with E-state index in [1.165, 1.54) is 0 Å². The van der Waals surface area contributed by atoms with Crippen LogP contribution in [0.5, 0.6) is 0 Å². The van der Waals surface area contributed by atoms with Crippen LogP contribution in [0, 0.1) is 29.2 Å². The number of hydrogen-bond acceptors (Lipinski definition) is 2. The molecule has 174 valence electrons. The molecule has 0 aliphatic carbocycles. The second kappa shape index (κ2) is 8.10. The molecular formula is C33H17N5. The average Bonchev–Trinajstić information content (AvgIpc) is 3.49. The summed E-state index contributed by atoms with van der Waals surface area (Å²) < 4.78 is 3.99. The molecule has 0 saturated heterocycles. The number of nitriles is 2. The highest BCUT2D eigenvalue weighted by Crippen LogP contribution is 2.42. The molecule has 0 saturated carbocycles. The molecule has 0 spiro atoms. The highest BCUT2D eigenvalue weighted by molar-refractivity contribution is 6.11. The SMILES string of the molecule is [C-]#[N+]c1cc(C#N)c(-n2c3ccccc3c3ccccc32)c(C#N)c1-n1c2ccccc2c2ccccc21. The van der Waals surface area contributed by atoms with Gasteiger partial charge in [-0.3, -0.25) is 0 Å². The van der Waals surface area contributed by atoms with Gasteiger partial charge in [0.2, 0.25) is 5.69 Å². The van der Waals surface area contributed by atoms with Crippen LogP contribution >= 0.6 is 0 Å². The lowest BCUT2D eigenvalue weighted by molar-refractivity contribution is 1.11. The summed E-state index contributed by atoms with van der Waals surface area (Å²) in [5.41, 5.74) is 5.37. The Morgan fingerprint density at radius 2 is 0.947 bits per heavy atom. The number of nitrogens with zero attached hydrogens (tertiary/aromatic N) is 5. The monoisotopic (exact) mass is 483 g/mol. The van der Waals surface area contributed by atoms with Crippen molar-refractivity contribution in [2.75, 3.05) is 0 Å². The standard InChI is InChI=1S/C33H17N5/c1-36-27-18-21(19-34)32(37-28-14-6-2-10-22(28)23-11-3-7-15-29(23)37)26(20-35)33(27)38-30-16-8-4-12-24(30)25-13-5-9-17-31(25)38/h2-18H. The van der Waals surface area contributed by atoms with Crippen LogP contribution in [-0.4, -0.2) is 9.13 Å². The molecule has 0 amide bonds. The van der Waals surface area contributed by atoms with Crippen LogP contribution in [0.4, 0.5) is 5.69 Å². The van der Waals surface area contributed by atoms with E-state index >= 15 is 0 Å². The van der Waals surface area contributed by atoms with Crippen molar-refractivity contribution in [1.29, 1.82) is 10.5 Å². The van der Waals surface area contributed by atoms with Crippen LogP contribution in [0.3, 0.4) is 0 Å². The zero-order chi connectivity index (χ0) is 25.8. The summed E-state index contributed by atoms with van der Waals surface area (Å²) in [6, 6.07) is 38.3. The van der Waals surface area contributed by atoms with E-state index in [-0.39, 0.29) is 16.8 Å². The lowest BCUT2D eigenvalue weighted by Crippen LogP contribution is -2.07. The van der Waals surface area contributed by atoms with Crippen molar-refractivity contribution < 1.29 is 0 Å². The Morgan fingerprint density at radius 1 is 0.553 bits per heavy atom. The topological polar surface area (TPSA) is 61.8 Å². The van der Waals surface area contributed by atoms with Crippen molar-refractivity contribution in [3.05, 3.63) is 126 Å². The highest BCUT2D eigenvalue weighted by atomic mass is 15.0. The predicted molar refractivity (Wildman–Crippen MR) is 151 cm³/mol. The van der Waals surface area contributed by atoms with E-state index in [2.05, 4.69) is 29.1 Å². The van der Waals surface area contributed by atoms with Gasteiger partial charge in [-0.25, -0.2) is 4.85 Å². The molecule has 5 heteroatoms. The van der Waals surface area contributed by atoms with Gasteiger partial charge in [-0.2, -0.15) is 10.5 Å². The van der Waals surface area contributed by atoms with Crippen LogP contribution in [0.15, 0.2) is 103 Å². The molecule has 0 N–H and O–H groups in total. The first-order valence-corrected chi connectivity index (χ1v) is 12.1. The number of benzene rings is 5. The molecule has 0 radical (unpaired) electrons. The summed E-state index contributed by atoms with van der Waals surface area (Å²) >= 11 is 0. The first-order valence-electron chi connectivity index (χ1n) is 12.1. The highest BCUT2D eigenvalue weighted by Gasteiger charge is 2.26. The van der Waals surface area contributed by atoms with Crippen LogP contribution in [0.2, 0.25) is 0 Å². The van der Waals surface area contributed by atoms with Gasteiger partial charge in [0.25, 0.3) is 0 Å². The van der Waals surface area contributed by atoms with Crippen LogP contribution in [-0.2, 0) is 0 Å². The van der Waals surface area contributed by atoms with Crippen molar-refractivity contribution in [2.24, 2.45) is 0 Å². The summed E-state index contributed by atoms with van der Waals surface area (Å²) in [6.45, 7) is 8.04. The summed E-state index contributed by atoms with van der Waals surface area (Å²) in [5.74, 6) is 0. The van der Waals surface area contributed by atoms with Gasteiger partial charge in [-0.15, -0.1) is 0 Å². The first-order chi connectivity index (χ1) is 18.8. The van der Waals surface area contributed by atoms with E-state index in [1.54, 1.807) is 6.07 Å². The van der Waals surface area contributed by atoms with Gasteiger partial charge in [-0.1, -0.05) is 72.8 Å². The normalized spacial score (nSPS) is 11.1. The molecule has 7 aromatic rings. The molecule has 2 heterocycles. The molecule has 0 aliphatic rings. The Bertz CT molecular complexity index is 1970. The second-order valence-corrected chi connectivity index (χ2v) is 9.09. The summed E-state index contributed by atoms with van der Waals surface area (Å²) in [6.07, 6.45) is 0.